The quantitative estimate of drug-likeness (QED) is 0.811. The monoisotopic (exact) mass is 288 g/mol. The maximum atomic E-state index is 11.8. The Hall–Kier alpha value is -1.18. The van der Waals surface area contributed by atoms with Crippen LogP contribution in [0.25, 0.3) is 0 Å². The molecule has 1 aromatic heterocycles. The maximum Gasteiger partial charge on any atom is 0.326 e. The highest BCUT2D eigenvalue weighted by molar-refractivity contribution is 7.09. The first kappa shape index (κ1) is 13.3. The zero-order chi connectivity index (χ0) is 12.0. The van der Waals surface area contributed by atoms with Crippen molar-refractivity contribution in [1.29, 1.82) is 0 Å². The van der Waals surface area contributed by atoms with E-state index in [1.807, 2.05) is 0 Å². The molecule has 1 saturated carbocycles. The van der Waals surface area contributed by atoms with Crippen LogP contribution in [0.5, 0.6) is 0 Å². The molecule has 2 fully saturated rings. The predicted octanol–water partition coefficient (Wildman–Crippen LogP) is 0.951. The molecule has 1 saturated heterocycles. The zero-order valence-corrected chi connectivity index (χ0v) is 11.1. The molecule has 98 valence electrons. The summed E-state index contributed by atoms with van der Waals surface area (Å²) in [4.78, 5) is 30.0. The standard InChI is InChI=1S/C10H12N4O2S.ClH/c11-3-14-7(9(15)13-10(14)16)6-8(5-1-2-5)17-4-12-6;/h4-5,7H,1-3,11H2,(H,13,15,16);1H. The lowest BCUT2D eigenvalue weighted by Gasteiger charge is -2.18. The molecular weight excluding hydrogens is 276 g/mol. The van der Waals surface area contributed by atoms with Crippen molar-refractivity contribution in [2.75, 3.05) is 6.67 Å². The van der Waals surface area contributed by atoms with Gasteiger partial charge in [-0.25, -0.2) is 9.78 Å². The van der Waals surface area contributed by atoms with E-state index in [4.69, 9.17) is 5.73 Å². The maximum absolute atomic E-state index is 11.8. The minimum Gasteiger partial charge on any atom is -0.314 e. The van der Waals surface area contributed by atoms with E-state index in [2.05, 4.69) is 10.3 Å². The lowest BCUT2D eigenvalue weighted by molar-refractivity contribution is -0.121. The third kappa shape index (κ3) is 1.98. The second-order valence-corrected chi connectivity index (χ2v) is 5.11. The molecule has 1 aliphatic carbocycles. The van der Waals surface area contributed by atoms with E-state index in [1.165, 1.54) is 4.90 Å². The zero-order valence-electron chi connectivity index (χ0n) is 9.46. The summed E-state index contributed by atoms with van der Waals surface area (Å²) in [5.74, 6) is 0.189. The van der Waals surface area contributed by atoms with Crippen LogP contribution in [0.2, 0.25) is 0 Å². The van der Waals surface area contributed by atoms with Crippen molar-refractivity contribution in [1.82, 2.24) is 15.2 Å². The summed E-state index contributed by atoms with van der Waals surface area (Å²) in [7, 11) is 0. The Morgan fingerprint density at radius 2 is 2.22 bits per heavy atom. The molecule has 8 heteroatoms. The Kier molecular flexibility index (Phi) is 3.56. The van der Waals surface area contributed by atoms with E-state index < -0.39 is 12.1 Å². The van der Waals surface area contributed by atoms with Crippen LogP contribution in [0.3, 0.4) is 0 Å². The summed E-state index contributed by atoms with van der Waals surface area (Å²) in [6, 6.07) is -1.08. The van der Waals surface area contributed by atoms with Gasteiger partial charge < -0.3 is 5.73 Å². The predicted molar refractivity (Wildman–Crippen MR) is 68.5 cm³/mol. The average Bonchev–Trinajstić information content (AvgIpc) is 2.96. The van der Waals surface area contributed by atoms with Gasteiger partial charge in [-0.1, -0.05) is 0 Å². The number of thiazole rings is 1. The summed E-state index contributed by atoms with van der Waals surface area (Å²) in [6.45, 7) is 0.0177. The summed E-state index contributed by atoms with van der Waals surface area (Å²) in [6.07, 6.45) is 2.28. The van der Waals surface area contributed by atoms with Crippen molar-refractivity contribution < 1.29 is 9.59 Å². The smallest absolute Gasteiger partial charge is 0.314 e. The number of urea groups is 1. The van der Waals surface area contributed by atoms with Gasteiger partial charge in [0, 0.05) is 4.88 Å². The molecule has 2 aliphatic rings. The Bertz CT molecular complexity index is 488. The molecule has 2 heterocycles. The second kappa shape index (κ2) is 4.83. The Morgan fingerprint density at radius 3 is 2.83 bits per heavy atom. The molecule has 1 aromatic rings. The topological polar surface area (TPSA) is 88.3 Å². The number of nitrogens with zero attached hydrogens (tertiary/aromatic N) is 2. The SMILES string of the molecule is Cl.NCN1C(=O)NC(=O)C1c1ncsc1C1CC1. The van der Waals surface area contributed by atoms with E-state index in [-0.39, 0.29) is 25.0 Å². The van der Waals surface area contributed by atoms with Gasteiger partial charge in [0.25, 0.3) is 5.91 Å². The van der Waals surface area contributed by atoms with Gasteiger partial charge in [0.15, 0.2) is 6.04 Å². The van der Waals surface area contributed by atoms with Crippen molar-refractivity contribution in [3.63, 3.8) is 0 Å². The fraction of sp³-hybridized carbons (Fsp3) is 0.500. The number of nitrogens with one attached hydrogen (secondary N) is 1. The molecule has 1 atom stereocenters. The van der Waals surface area contributed by atoms with Gasteiger partial charge in [-0.15, -0.1) is 23.7 Å². The van der Waals surface area contributed by atoms with Crippen molar-refractivity contribution in [2.45, 2.75) is 24.8 Å². The summed E-state index contributed by atoms with van der Waals surface area (Å²) < 4.78 is 0. The highest BCUT2D eigenvalue weighted by Gasteiger charge is 2.43. The number of halogens is 1. The molecule has 0 aromatic carbocycles. The normalized spacial score (nSPS) is 22.9. The third-order valence-electron chi connectivity index (χ3n) is 3.08. The van der Waals surface area contributed by atoms with Crippen LogP contribution in [0.15, 0.2) is 5.51 Å². The van der Waals surface area contributed by atoms with Crippen LogP contribution in [0, 0.1) is 0 Å². The summed E-state index contributed by atoms with van der Waals surface area (Å²) >= 11 is 1.55. The molecule has 6 nitrogen and oxygen atoms in total. The van der Waals surface area contributed by atoms with Crippen LogP contribution in [0.4, 0.5) is 4.79 Å². The number of imide groups is 1. The number of hydrogen-bond donors (Lipinski definition) is 2. The van der Waals surface area contributed by atoms with Gasteiger partial charge in [-0.2, -0.15) is 0 Å². The number of nitrogens with two attached hydrogens (primary N) is 1. The fourth-order valence-corrected chi connectivity index (χ4v) is 3.08. The lowest BCUT2D eigenvalue weighted by Crippen LogP contribution is -2.35. The minimum atomic E-state index is -0.644. The van der Waals surface area contributed by atoms with E-state index in [0.29, 0.717) is 11.6 Å². The molecule has 0 bridgehead atoms. The Labute approximate surface area is 114 Å². The molecule has 18 heavy (non-hydrogen) atoms. The molecule has 1 aliphatic heterocycles. The Balaban J connectivity index is 0.00000120. The van der Waals surface area contributed by atoms with Gasteiger partial charge in [-0.3, -0.25) is 15.0 Å². The first-order valence-electron chi connectivity index (χ1n) is 5.47. The van der Waals surface area contributed by atoms with Crippen molar-refractivity contribution in [2.24, 2.45) is 5.73 Å². The van der Waals surface area contributed by atoms with Gasteiger partial charge >= 0.3 is 6.03 Å². The third-order valence-corrected chi connectivity index (χ3v) is 4.09. The molecule has 3 N–H and O–H groups in total. The van der Waals surface area contributed by atoms with Gasteiger partial charge in [-0.05, 0) is 18.8 Å². The first-order valence-corrected chi connectivity index (χ1v) is 6.35. The van der Waals surface area contributed by atoms with E-state index in [9.17, 15) is 9.59 Å². The average molecular weight is 289 g/mol. The number of hydrogen-bond acceptors (Lipinski definition) is 5. The number of rotatable bonds is 3. The number of carbonyl (C=O) groups excluding carboxylic acids is 2. The highest BCUT2D eigenvalue weighted by atomic mass is 35.5. The number of amides is 3. The van der Waals surface area contributed by atoms with Crippen LogP contribution in [0.1, 0.15) is 35.4 Å². The second-order valence-electron chi connectivity index (χ2n) is 4.23. The van der Waals surface area contributed by atoms with Gasteiger partial charge in [0.2, 0.25) is 0 Å². The summed E-state index contributed by atoms with van der Waals surface area (Å²) in [5.41, 5.74) is 7.94. The van der Waals surface area contributed by atoms with Crippen molar-refractivity contribution >= 4 is 35.7 Å². The Morgan fingerprint density at radius 1 is 1.50 bits per heavy atom. The van der Waals surface area contributed by atoms with E-state index >= 15 is 0 Å². The fourth-order valence-electron chi connectivity index (χ4n) is 2.08. The molecule has 1 unspecified atom stereocenters. The molecule has 3 rings (SSSR count). The molecule has 3 amide bonds. The van der Waals surface area contributed by atoms with Crippen molar-refractivity contribution in [3.05, 3.63) is 16.1 Å². The van der Waals surface area contributed by atoms with E-state index in [0.717, 1.165) is 17.7 Å². The highest BCUT2D eigenvalue weighted by Crippen LogP contribution is 2.45. The number of carbonyl (C=O) groups is 2. The minimum absolute atomic E-state index is 0. The van der Waals surface area contributed by atoms with Crippen LogP contribution >= 0.6 is 23.7 Å². The van der Waals surface area contributed by atoms with Crippen LogP contribution < -0.4 is 11.1 Å². The lowest BCUT2D eigenvalue weighted by atomic mass is 10.1. The van der Waals surface area contributed by atoms with Gasteiger partial charge in [0.05, 0.1) is 17.9 Å². The molecular formula is C10H13ClN4O2S. The van der Waals surface area contributed by atoms with Gasteiger partial charge in [0.1, 0.15) is 0 Å². The first-order chi connectivity index (χ1) is 8.22. The van der Waals surface area contributed by atoms with E-state index in [1.54, 1.807) is 16.8 Å². The van der Waals surface area contributed by atoms with Crippen molar-refractivity contribution in [3.8, 4) is 0 Å². The molecule has 0 radical (unpaired) electrons. The van der Waals surface area contributed by atoms with Crippen LogP contribution in [-0.4, -0.2) is 28.5 Å². The largest absolute Gasteiger partial charge is 0.326 e. The van der Waals surface area contributed by atoms with Crippen LogP contribution in [-0.2, 0) is 4.79 Å². The number of aromatic nitrogens is 1. The molecule has 0 spiro atoms. The summed E-state index contributed by atoms with van der Waals surface area (Å²) in [5, 5.41) is 2.28.